The summed E-state index contributed by atoms with van der Waals surface area (Å²) in [7, 11) is 0. The van der Waals surface area contributed by atoms with Crippen molar-refractivity contribution in [1.29, 1.82) is 0 Å². The Kier molecular flexibility index (Phi) is 6.07. The Labute approximate surface area is 149 Å². The smallest absolute Gasteiger partial charge is 0.253 e. The number of hydrogen-bond donors (Lipinski definition) is 0. The van der Waals surface area contributed by atoms with Gasteiger partial charge in [-0.3, -0.25) is 4.79 Å². The van der Waals surface area contributed by atoms with Gasteiger partial charge in [-0.2, -0.15) is 0 Å². The fourth-order valence-electron chi connectivity index (χ4n) is 3.08. The molecule has 4 nitrogen and oxygen atoms in total. The van der Waals surface area contributed by atoms with Crippen molar-refractivity contribution >= 4 is 5.91 Å². The van der Waals surface area contributed by atoms with Gasteiger partial charge in [0.2, 0.25) is 0 Å². The van der Waals surface area contributed by atoms with Gasteiger partial charge in [0, 0.05) is 18.7 Å². The molecule has 25 heavy (non-hydrogen) atoms. The Bertz CT molecular complexity index is 679. The van der Waals surface area contributed by atoms with Crippen LogP contribution < -0.4 is 4.74 Å². The normalized spacial score (nSPS) is 15.2. The van der Waals surface area contributed by atoms with Crippen LogP contribution in [0.4, 0.5) is 0 Å². The first-order chi connectivity index (χ1) is 12.2. The summed E-state index contributed by atoms with van der Waals surface area (Å²) in [6.45, 7) is 4.63. The molecule has 0 saturated carbocycles. The van der Waals surface area contributed by atoms with Crippen LogP contribution in [0.15, 0.2) is 54.6 Å². The van der Waals surface area contributed by atoms with E-state index in [0.717, 1.165) is 42.8 Å². The van der Waals surface area contributed by atoms with Crippen LogP contribution in [0, 0.1) is 6.92 Å². The van der Waals surface area contributed by atoms with Gasteiger partial charge in [0.05, 0.1) is 12.7 Å². The minimum absolute atomic E-state index is 0.120. The van der Waals surface area contributed by atoms with Crippen LogP contribution in [-0.4, -0.2) is 43.2 Å². The average Bonchev–Trinajstić information content (AvgIpc) is 2.66. The lowest BCUT2D eigenvalue weighted by Gasteiger charge is -2.32. The van der Waals surface area contributed by atoms with Crippen molar-refractivity contribution < 1.29 is 14.3 Å². The number of piperidine rings is 1. The Morgan fingerprint density at radius 3 is 2.52 bits per heavy atom. The second kappa shape index (κ2) is 8.67. The highest BCUT2D eigenvalue weighted by molar-refractivity contribution is 5.94. The van der Waals surface area contributed by atoms with Crippen molar-refractivity contribution in [2.24, 2.45) is 0 Å². The Morgan fingerprint density at radius 2 is 1.80 bits per heavy atom. The third-order valence-corrected chi connectivity index (χ3v) is 4.44. The van der Waals surface area contributed by atoms with Crippen LogP contribution in [-0.2, 0) is 4.74 Å². The number of carbonyl (C=O) groups excluding carboxylic acids is 1. The molecular weight excluding hydrogens is 314 g/mol. The fourth-order valence-corrected chi connectivity index (χ4v) is 3.08. The summed E-state index contributed by atoms with van der Waals surface area (Å²) in [4.78, 5) is 14.5. The first kappa shape index (κ1) is 17.5. The van der Waals surface area contributed by atoms with Crippen LogP contribution in [0.2, 0.25) is 0 Å². The van der Waals surface area contributed by atoms with Crippen LogP contribution in [0.1, 0.15) is 28.8 Å². The molecule has 1 heterocycles. The Hall–Kier alpha value is -2.33. The van der Waals surface area contributed by atoms with Crippen molar-refractivity contribution in [2.75, 3.05) is 26.3 Å². The number of para-hydroxylation sites is 1. The van der Waals surface area contributed by atoms with Gasteiger partial charge in [-0.1, -0.05) is 35.9 Å². The molecule has 1 fully saturated rings. The van der Waals surface area contributed by atoms with Gasteiger partial charge in [-0.25, -0.2) is 0 Å². The van der Waals surface area contributed by atoms with E-state index in [4.69, 9.17) is 9.47 Å². The molecule has 1 aliphatic rings. The summed E-state index contributed by atoms with van der Waals surface area (Å²) >= 11 is 0. The molecule has 0 unspecified atom stereocenters. The fraction of sp³-hybridized carbons (Fsp3) is 0.381. The molecule has 1 saturated heterocycles. The van der Waals surface area contributed by atoms with Gasteiger partial charge in [0.1, 0.15) is 12.4 Å². The third kappa shape index (κ3) is 5.07. The number of rotatable bonds is 6. The SMILES string of the molecule is Cc1cccc(C(=O)N2CCC(OCCOc3ccccc3)CC2)c1. The number of aryl methyl sites for hydroxylation is 1. The first-order valence-electron chi connectivity index (χ1n) is 8.88. The van der Waals surface area contributed by atoms with Crippen LogP contribution in [0.5, 0.6) is 5.75 Å². The summed E-state index contributed by atoms with van der Waals surface area (Å²) in [5.41, 5.74) is 1.89. The molecule has 1 aliphatic heterocycles. The van der Waals surface area contributed by atoms with Crippen LogP contribution >= 0.6 is 0 Å². The predicted molar refractivity (Wildman–Crippen MR) is 98.0 cm³/mol. The quantitative estimate of drug-likeness (QED) is 0.753. The lowest BCUT2D eigenvalue weighted by Crippen LogP contribution is -2.41. The minimum Gasteiger partial charge on any atom is -0.491 e. The molecule has 3 rings (SSSR count). The molecule has 0 N–H and O–H groups in total. The van der Waals surface area contributed by atoms with E-state index in [1.165, 1.54) is 0 Å². The monoisotopic (exact) mass is 339 g/mol. The lowest BCUT2D eigenvalue weighted by molar-refractivity contribution is -0.00238. The molecule has 0 atom stereocenters. The molecule has 132 valence electrons. The van der Waals surface area contributed by atoms with E-state index < -0.39 is 0 Å². The second-order valence-corrected chi connectivity index (χ2v) is 6.39. The molecule has 0 bridgehead atoms. The summed E-state index contributed by atoms with van der Waals surface area (Å²) in [5.74, 6) is 0.985. The maximum atomic E-state index is 12.5. The molecule has 0 aromatic heterocycles. The third-order valence-electron chi connectivity index (χ3n) is 4.44. The summed E-state index contributed by atoms with van der Waals surface area (Å²) in [6.07, 6.45) is 1.96. The first-order valence-corrected chi connectivity index (χ1v) is 8.88. The molecule has 2 aromatic rings. The number of carbonyl (C=O) groups is 1. The molecule has 1 amide bonds. The highest BCUT2D eigenvalue weighted by atomic mass is 16.5. The number of nitrogens with zero attached hydrogens (tertiary/aromatic N) is 1. The van der Waals surface area contributed by atoms with E-state index in [1.807, 2.05) is 66.4 Å². The highest BCUT2D eigenvalue weighted by Gasteiger charge is 2.24. The molecule has 4 heteroatoms. The average molecular weight is 339 g/mol. The van der Waals surface area contributed by atoms with Crippen LogP contribution in [0.25, 0.3) is 0 Å². The van der Waals surface area contributed by atoms with E-state index in [0.29, 0.717) is 13.2 Å². The van der Waals surface area contributed by atoms with Gasteiger partial charge in [-0.05, 0) is 44.0 Å². The van der Waals surface area contributed by atoms with E-state index in [2.05, 4.69) is 0 Å². The standard InChI is InChI=1S/C21H25NO3/c1-17-6-5-7-18(16-17)21(23)22-12-10-20(11-13-22)25-15-14-24-19-8-3-2-4-9-19/h2-9,16,20H,10-15H2,1H3. The summed E-state index contributed by atoms with van der Waals surface area (Å²) in [6, 6.07) is 17.5. The topological polar surface area (TPSA) is 38.8 Å². The number of likely N-dealkylation sites (tertiary alicyclic amines) is 1. The minimum atomic E-state index is 0.120. The molecular formula is C21H25NO3. The van der Waals surface area contributed by atoms with Gasteiger partial charge < -0.3 is 14.4 Å². The van der Waals surface area contributed by atoms with Crippen LogP contribution in [0.3, 0.4) is 0 Å². The van der Waals surface area contributed by atoms with E-state index >= 15 is 0 Å². The van der Waals surface area contributed by atoms with E-state index in [1.54, 1.807) is 0 Å². The summed E-state index contributed by atoms with van der Waals surface area (Å²) in [5, 5.41) is 0. The van der Waals surface area contributed by atoms with Gasteiger partial charge in [0.25, 0.3) is 5.91 Å². The van der Waals surface area contributed by atoms with E-state index in [-0.39, 0.29) is 12.0 Å². The second-order valence-electron chi connectivity index (χ2n) is 6.39. The Balaban J connectivity index is 1.38. The maximum absolute atomic E-state index is 12.5. The maximum Gasteiger partial charge on any atom is 0.253 e. The molecule has 0 spiro atoms. The largest absolute Gasteiger partial charge is 0.491 e. The van der Waals surface area contributed by atoms with Gasteiger partial charge >= 0.3 is 0 Å². The zero-order chi connectivity index (χ0) is 17.5. The van der Waals surface area contributed by atoms with Crippen molar-refractivity contribution in [2.45, 2.75) is 25.9 Å². The van der Waals surface area contributed by atoms with Gasteiger partial charge in [-0.15, -0.1) is 0 Å². The molecule has 0 radical (unpaired) electrons. The van der Waals surface area contributed by atoms with Crippen molar-refractivity contribution in [3.8, 4) is 5.75 Å². The number of hydrogen-bond acceptors (Lipinski definition) is 3. The predicted octanol–water partition coefficient (Wildman–Crippen LogP) is 3.70. The van der Waals surface area contributed by atoms with Crippen molar-refractivity contribution in [3.63, 3.8) is 0 Å². The summed E-state index contributed by atoms with van der Waals surface area (Å²) < 4.78 is 11.5. The lowest BCUT2D eigenvalue weighted by atomic mass is 10.1. The zero-order valence-electron chi connectivity index (χ0n) is 14.7. The molecule has 2 aromatic carbocycles. The highest BCUT2D eigenvalue weighted by Crippen LogP contribution is 2.17. The van der Waals surface area contributed by atoms with Crippen molar-refractivity contribution in [1.82, 2.24) is 4.90 Å². The van der Waals surface area contributed by atoms with Crippen molar-refractivity contribution in [3.05, 3.63) is 65.7 Å². The van der Waals surface area contributed by atoms with E-state index in [9.17, 15) is 4.79 Å². The zero-order valence-corrected chi connectivity index (χ0v) is 14.7. The Morgan fingerprint density at radius 1 is 1.04 bits per heavy atom. The number of ether oxygens (including phenoxy) is 2. The number of amides is 1. The molecule has 0 aliphatic carbocycles. The van der Waals surface area contributed by atoms with Gasteiger partial charge in [0.15, 0.2) is 0 Å². The number of benzene rings is 2.